The molecular formula is C16H12Cl2N2OS. The Morgan fingerprint density at radius 1 is 1.14 bits per heavy atom. The molecule has 6 heteroatoms. The first-order valence-electron chi connectivity index (χ1n) is 6.58. The fraction of sp³-hybridized carbons (Fsp3) is 0.125. The van der Waals surface area contributed by atoms with Crippen LogP contribution in [0.15, 0.2) is 30.3 Å². The second kappa shape index (κ2) is 5.88. The summed E-state index contributed by atoms with van der Waals surface area (Å²) in [4.78, 5) is 16.8. The Bertz CT molecular complexity index is 850. The van der Waals surface area contributed by atoms with Gasteiger partial charge in [-0.2, -0.15) is 0 Å². The number of anilines is 1. The van der Waals surface area contributed by atoms with Gasteiger partial charge in [-0.05, 0) is 55.3 Å². The Hall–Kier alpha value is -1.62. The summed E-state index contributed by atoms with van der Waals surface area (Å²) < 4.78 is 1.04. The van der Waals surface area contributed by atoms with Crippen molar-refractivity contribution in [1.82, 2.24) is 4.98 Å². The van der Waals surface area contributed by atoms with Gasteiger partial charge in [-0.25, -0.2) is 4.98 Å². The lowest BCUT2D eigenvalue weighted by atomic mass is 10.1. The molecule has 2 aromatic carbocycles. The fourth-order valence-corrected chi connectivity index (χ4v) is 3.39. The molecule has 0 spiro atoms. The molecule has 112 valence electrons. The minimum absolute atomic E-state index is 0.319. The van der Waals surface area contributed by atoms with Gasteiger partial charge in [0.25, 0.3) is 5.91 Å². The summed E-state index contributed by atoms with van der Waals surface area (Å²) in [6.07, 6.45) is 0. The quantitative estimate of drug-likeness (QED) is 0.665. The zero-order valence-electron chi connectivity index (χ0n) is 11.9. The van der Waals surface area contributed by atoms with E-state index < -0.39 is 0 Å². The molecule has 0 aliphatic rings. The summed E-state index contributed by atoms with van der Waals surface area (Å²) in [5.74, 6) is -0.319. The van der Waals surface area contributed by atoms with Gasteiger partial charge in [0.1, 0.15) is 0 Å². The largest absolute Gasteiger partial charge is 0.298 e. The van der Waals surface area contributed by atoms with Gasteiger partial charge < -0.3 is 0 Å². The number of fused-ring (bicyclic) bond motifs is 1. The van der Waals surface area contributed by atoms with Crippen LogP contribution in [0.4, 0.5) is 5.13 Å². The molecule has 0 radical (unpaired) electrons. The summed E-state index contributed by atoms with van der Waals surface area (Å²) in [5.41, 5.74) is 3.59. The summed E-state index contributed by atoms with van der Waals surface area (Å²) in [6.45, 7) is 4.09. The van der Waals surface area contributed by atoms with Gasteiger partial charge in [0.15, 0.2) is 5.13 Å². The Morgan fingerprint density at radius 2 is 1.86 bits per heavy atom. The summed E-state index contributed by atoms with van der Waals surface area (Å²) in [7, 11) is 0. The SMILES string of the molecule is Cc1cc2nc(NC(=O)c3cc(Cl)ccc3Cl)sc2cc1C. The van der Waals surface area contributed by atoms with Crippen molar-refractivity contribution >= 4 is 55.8 Å². The summed E-state index contributed by atoms with van der Waals surface area (Å²) >= 11 is 13.4. The third kappa shape index (κ3) is 2.95. The molecular weight excluding hydrogens is 339 g/mol. The molecule has 0 bridgehead atoms. The van der Waals surface area contributed by atoms with Crippen LogP contribution in [0.25, 0.3) is 10.2 Å². The molecule has 1 amide bonds. The van der Waals surface area contributed by atoms with Crippen molar-refractivity contribution in [2.45, 2.75) is 13.8 Å². The van der Waals surface area contributed by atoms with Gasteiger partial charge in [0, 0.05) is 5.02 Å². The highest BCUT2D eigenvalue weighted by Crippen LogP contribution is 2.29. The normalized spacial score (nSPS) is 10.9. The number of hydrogen-bond acceptors (Lipinski definition) is 3. The van der Waals surface area contributed by atoms with E-state index in [2.05, 4.69) is 23.3 Å². The molecule has 0 unspecified atom stereocenters. The number of aromatic nitrogens is 1. The zero-order chi connectivity index (χ0) is 15.9. The van der Waals surface area contributed by atoms with Crippen LogP contribution in [-0.4, -0.2) is 10.9 Å². The highest BCUT2D eigenvalue weighted by molar-refractivity contribution is 7.22. The van der Waals surface area contributed by atoms with Crippen molar-refractivity contribution in [1.29, 1.82) is 0 Å². The molecule has 3 nitrogen and oxygen atoms in total. The second-order valence-corrected chi connectivity index (χ2v) is 6.88. The molecule has 0 aliphatic heterocycles. The lowest BCUT2D eigenvalue weighted by molar-refractivity contribution is 0.102. The van der Waals surface area contributed by atoms with Gasteiger partial charge in [-0.3, -0.25) is 10.1 Å². The minimum Gasteiger partial charge on any atom is -0.298 e. The summed E-state index contributed by atoms with van der Waals surface area (Å²) in [6, 6.07) is 8.88. The number of rotatable bonds is 2. The molecule has 3 rings (SSSR count). The second-order valence-electron chi connectivity index (χ2n) is 5.00. The number of thiazole rings is 1. The van der Waals surface area contributed by atoms with Crippen LogP contribution in [0.1, 0.15) is 21.5 Å². The highest BCUT2D eigenvalue weighted by Gasteiger charge is 2.14. The Morgan fingerprint density at radius 3 is 2.64 bits per heavy atom. The van der Waals surface area contributed by atoms with E-state index in [1.165, 1.54) is 22.5 Å². The Kier molecular flexibility index (Phi) is 4.08. The first-order valence-corrected chi connectivity index (χ1v) is 8.15. The zero-order valence-corrected chi connectivity index (χ0v) is 14.2. The lowest BCUT2D eigenvalue weighted by Crippen LogP contribution is -2.12. The van der Waals surface area contributed by atoms with Crippen LogP contribution in [0.2, 0.25) is 10.0 Å². The maximum Gasteiger partial charge on any atom is 0.259 e. The Balaban J connectivity index is 1.92. The molecule has 0 saturated carbocycles. The number of halogens is 2. The molecule has 0 atom stereocenters. The smallest absolute Gasteiger partial charge is 0.259 e. The molecule has 1 N–H and O–H groups in total. The number of hydrogen-bond donors (Lipinski definition) is 1. The number of aryl methyl sites for hydroxylation is 2. The number of carbonyl (C=O) groups excluding carboxylic acids is 1. The van der Waals surface area contributed by atoms with Gasteiger partial charge in [-0.15, -0.1) is 0 Å². The lowest BCUT2D eigenvalue weighted by Gasteiger charge is -2.04. The van der Waals surface area contributed by atoms with E-state index >= 15 is 0 Å². The van der Waals surface area contributed by atoms with Crippen molar-refractivity contribution in [2.75, 3.05) is 5.32 Å². The third-order valence-electron chi connectivity index (χ3n) is 3.40. The topological polar surface area (TPSA) is 42.0 Å². The van der Waals surface area contributed by atoms with Gasteiger partial charge >= 0.3 is 0 Å². The first-order chi connectivity index (χ1) is 10.4. The van der Waals surface area contributed by atoms with E-state index in [0.29, 0.717) is 20.7 Å². The van der Waals surface area contributed by atoms with Crippen LogP contribution < -0.4 is 5.32 Å². The van der Waals surface area contributed by atoms with Crippen LogP contribution in [-0.2, 0) is 0 Å². The van der Waals surface area contributed by atoms with Crippen molar-refractivity contribution in [3.63, 3.8) is 0 Å². The number of nitrogens with zero attached hydrogens (tertiary/aromatic N) is 1. The monoisotopic (exact) mass is 350 g/mol. The number of nitrogens with one attached hydrogen (secondary N) is 1. The van der Waals surface area contributed by atoms with Crippen molar-refractivity contribution in [2.24, 2.45) is 0 Å². The molecule has 0 aliphatic carbocycles. The van der Waals surface area contributed by atoms with Gasteiger partial charge in [-0.1, -0.05) is 34.5 Å². The Labute approximate surface area is 141 Å². The van der Waals surface area contributed by atoms with Crippen molar-refractivity contribution in [3.05, 3.63) is 57.1 Å². The van der Waals surface area contributed by atoms with E-state index in [1.54, 1.807) is 18.2 Å². The number of carbonyl (C=O) groups is 1. The van der Waals surface area contributed by atoms with E-state index in [0.717, 1.165) is 10.2 Å². The number of amides is 1. The average Bonchev–Trinajstić information content (AvgIpc) is 2.83. The van der Waals surface area contributed by atoms with E-state index in [1.807, 2.05) is 13.0 Å². The minimum atomic E-state index is -0.319. The molecule has 22 heavy (non-hydrogen) atoms. The number of benzene rings is 2. The predicted molar refractivity (Wildman–Crippen MR) is 93.5 cm³/mol. The summed E-state index contributed by atoms with van der Waals surface area (Å²) in [5, 5.41) is 4.14. The van der Waals surface area contributed by atoms with E-state index in [9.17, 15) is 4.79 Å². The van der Waals surface area contributed by atoms with Crippen LogP contribution in [0, 0.1) is 13.8 Å². The maximum absolute atomic E-state index is 12.3. The standard InChI is InChI=1S/C16H12Cl2N2OS/c1-8-5-13-14(6-9(8)2)22-16(19-13)20-15(21)11-7-10(17)3-4-12(11)18/h3-7H,1-2H3,(H,19,20,21). The maximum atomic E-state index is 12.3. The van der Waals surface area contributed by atoms with Gasteiger partial charge in [0.05, 0.1) is 20.8 Å². The highest BCUT2D eigenvalue weighted by atomic mass is 35.5. The van der Waals surface area contributed by atoms with Crippen molar-refractivity contribution in [3.8, 4) is 0 Å². The van der Waals surface area contributed by atoms with E-state index in [4.69, 9.17) is 23.2 Å². The molecule has 0 fully saturated rings. The van der Waals surface area contributed by atoms with Crippen LogP contribution >= 0.6 is 34.5 Å². The fourth-order valence-electron chi connectivity index (χ4n) is 2.07. The third-order valence-corrected chi connectivity index (χ3v) is 4.90. The van der Waals surface area contributed by atoms with Crippen LogP contribution in [0.3, 0.4) is 0 Å². The van der Waals surface area contributed by atoms with Crippen molar-refractivity contribution < 1.29 is 4.79 Å². The predicted octanol–water partition coefficient (Wildman–Crippen LogP) is 5.47. The average molecular weight is 351 g/mol. The first kappa shape index (κ1) is 15.3. The molecule has 3 aromatic rings. The molecule has 0 saturated heterocycles. The molecule has 1 aromatic heterocycles. The van der Waals surface area contributed by atoms with E-state index in [-0.39, 0.29) is 5.91 Å². The van der Waals surface area contributed by atoms with Crippen LogP contribution in [0.5, 0.6) is 0 Å². The van der Waals surface area contributed by atoms with Gasteiger partial charge in [0.2, 0.25) is 0 Å². The molecule has 1 heterocycles.